The molecule has 0 bridgehead atoms. The van der Waals surface area contributed by atoms with Gasteiger partial charge in [0.15, 0.2) is 11.5 Å². The standard InChI is InChI=1S/C23H28O7/c1-5-12-28-18-7-9-19(10-8-18)29-13-14-30-22(24)11-6-17-15-20(25-2)23(27-4)21(16-17)26-3/h6-11,15-16H,5,12-14H2,1-4H3/b11-6+. The first-order valence-electron chi connectivity index (χ1n) is 9.61. The molecule has 0 saturated carbocycles. The molecule has 30 heavy (non-hydrogen) atoms. The quantitative estimate of drug-likeness (QED) is 0.293. The van der Waals surface area contributed by atoms with Crippen molar-refractivity contribution in [2.75, 3.05) is 41.2 Å². The molecular formula is C23H28O7. The Labute approximate surface area is 177 Å². The van der Waals surface area contributed by atoms with Gasteiger partial charge in [-0.2, -0.15) is 0 Å². The van der Waals surface area contributed by atoms with Gasteiger partial charge in [0.25, 0.3) is 0 Å². The van der Waals surface area contributed by atoms with E-state index in [-0.39, 0.29) is 13.2 Å². The molecule has 0 aromatic heterocycles. The summed E-state index contributed by atoms with van der Waals surface area (Å²) in [5.41, 5.74) is 0.711. The van der Waals surface area contributed by atoms with E-state index < -0.39 is 5.97 Å². The van der Waals surface area contributed by atoms with Gasteiger partial charge in [-0.05, 0) is 54.5 Å². The smallest absolute Gasteiger partial charge is 0.330 e. The van der Waals surface area contributed by atoms with Crippen molar-refractivity contribution in [3.8, 4) is 28.7 Å². The number of esters is 1. The van der Waals surface area contributed by atoms with Crippen LogP contribution in [0.15, 0.2) is 42.5 Å². The van der Waals surface area contributed by atoms with Crippen LogP contribution in [-0.4, -0.2) is 47.1 Å². The van der Waals surface area contributed by atoms with Crippen LogP contribution in [0.5, 0.6) is 28.7 Å². The topological polar surface area (TPSA) is 72.5 Å². The zero-order chi connectivity index (χ0) is 21.8. The first-order chi connectivity index (χ1) is 14.6. The molecule has 0 saturated heterocycles. The van der Waals surface area contributed by atoms with Gasteiger partial charge >= 0.3 is 5.97 Å². The number of benzene rings is 2. The van der Waals surface area contributed by atoms with Crippen molar-refractivity contribution in [1.29, 1.82) is 0 Å². The van der Waals surface area contributed by atoms with Gasteiger partial charge in [0.05, 0.1) is 27.9 Å². The third-order valence-electron chi connectivity index (χ3n) is 3.99. The van der Waals surface area contributed by atoms with Gasteiger partial charge in [0.1, 0.15) is 24.7 Å². The van der Waals surface area contributed by atoms with E-state index in [1.807, 2.05) is 24.3 Å². The Morgan fingerprint density at radius 1 is 0.833 bits per heavy atom. The van der Waals surface area contributed by atoms with Crippen molar-refractivity contribution in [1.82, 2.24) is 0 Å². The number of hydrogen-bond donors (Lipinski definition) is 0. The van der Waals surface area contributed by atoms with Gasteiger partial charge in [-0.15, -0.1) is 0 Å². The molecule has 0 aliphatic heterocycles. The maximum Gasteiger partial charge on any atom is 0.330 e. The first-order valence-corrected chi connectivity index (χ1v) is 9.61. The van der Waals surface area contributed by atoms with Crippen molar-refractivity contribution in [3.05, 3.63) is 48.0 Å². The molecule has 7 nitrogen and oxygen atoms in total. The van der Waals surface area contributed by atoms with Gasteiger partial charge in [-0.1, -0.05) is 6.92 Å². The molecule has 0 unspecified atom stereocenters. The molecule has 0 aliphatic rings. The lowest BCUT2D eigenvalue weighted by atomic mass is 10.1. The Morgan fingerprint density at radius 3 is 1.90 bits per heavy atom. The molecule has 0 aliphatic carbocycles. The molecule has 162 valence electrons. The number of methoxy groups -OCH3 is 3. The highest BCUT2D eigenvalue weighted by Crippen LogP contribution is 2.38. The third-order valence-corrected chi connectivity index (χ3v) is 3.99. The second kappa shape index (κ2) is 12.3. The summed E-state index contributed by atoms with van der Waals surface area (Å²) in [6, 6.07) is 10.8. The van der Waals surface area contributed by atoms with E-state index in [1.165, 1.54) is 27.4 Å². The second-order valence-electron chi connectivity index (χ2n) is 6.13. The summed E-state index contributed by atoms with van der Waals surface area (Å²) >= 11 is 0. The highest BCUT2D eigenvalue weighted by molar-refractivity contribution is 5.87. The fourth-order valence-electron chi connectivity index (χ4n) is 2.56. The predicted molar refractivity (Wildman–Crippen MR) is 114 cm³/mol. The number of hydrogen-bond acceptors (Lipinski definition) is 7. The largest absolute Gasteiger partial charge is 0.494 e. The highest BCUT2D eigenvalue weighted by atomic mass is 16.6. The van der Waals surface area contributed by atoms with Crippen LogP contribution in [0.4, 0.5) is 0 Å². The average molecular weight is 416 g/mol. The van der Waals surface area contributed by atoms with E-state index >= 15 is 0 Å². The molecule has 0 fully saturated rings. The van der Waals surface area contributed by atoms with Gasteiger partial charge < -0.3 is 28.4 Å². The lowest BCUT2D eigenvalue weighted by Crippen LogP contribution is -2.10. The van der Waals surface area contributed by atoms with E-state index in [2.05, 4.69) is 6.92 Å². The zero-order valence-corrected chi connectivity index (χ0v) is 17.8. The van der Waals surface area contributed by atoms with E-state index in [9.17, 15) is 4.79 Å². The molecule has 0 spiro atoms. The summed E-state index contributed by atoms with van der Waals surface area (Å²) in [5.74, 6) is 2.50. The molecule has 2 aromatic carbocycles. The molecule has 0 atom stereocenters. The van der Waals surface area contributed by atoms with Crippen molar-refractivity contribution in [2.24, 2.45) is 0 Å². The lowest BCUT2D eigenvalue weighted by molar-refractivity contribution is -0.138. The fourth-order valence-corrected chi connectivity index (χ4v) is 2.56. The summed E-state index contributed by atoms with van der Waals surface area (Å²) in [6.45, 7) is 3.11. The van der Waals surface area contributed by atoms with E-state index in [4.69, 9.17) is 28.4 Å². The average Bonchev–Trinajstić information content (AvgIpc) is 2.78. The summed E-state index contributed by atoms with van der Waals surface area (Å²) in [5, 5.41) is 0. The van der Waals surface area contributed by atoms with E-state index in [0.717, 1.165) is 12.2 Å². The number of ether oxygens (including phenoxy) is 6. The summed E-state index contributed by atoms with van der Waals surface area (Å²) in [7, 11) is 4.60. The molecule has 2 rings (SSSR count). The summed E-state index contributed by atoms with van der Waals surface area (Å²) in [4.78, 5) is 11.9. The Kier molecular flexibility index (Phi) is 9.37. The van der Waals surface area contributed by atoms with Crippen LogP contribution in [0.2, 0.25) is 0 Å². The van der Waals surface area contributed by atoms with Gasteiger partial charge in [-0.25, -0.2) is 4.79 Å². The maximum atomic E-state index is 11.9. The Balaban J connectivity index is 1.81. The highest BCUT2D eigenvalue weighted by Gasteiger charge is 2.12. The van der Waals surface area contributed by atoms with Crippen molar-refractivity contribution < 1.29 is 33.2 Å². The minimum atomic E-state index is -0.476. The van der Waals surface area contributed by atoms with Gasteiger partial charge in [-0.3, -0.25) is 0 Å². The molecule has 2 aromatic rings. The summed E-state index contributed by atoms with van der Waals surface area (Å²) < 4.78 is 32.1. The maximum absolute atomic E-state index is 11.9. The Morgan fingerprint density at radius 2 is 1.40 bits per heavy atom. The number of carbonyl (C=O) groups excluding carboxylic acids is 1. The van der Waals surface area contributed by atoms with Crippen LogP contribution < -0.4 is 23.7 Å². The molecule has 7 heteroatoms. The SMILES string of the molecule is CCCOc1ccc(OCCOC(=O)/C=C/c2cc(OC)c(OC)c(OC)c2)cc1. The van der Waals surface area contributed by atoms with Crippen molar-refractivity contribution >= 4 is 12.0 Å². The second-order valence-corrected chi connectivity index (χ2v) is 6.13. The third kappa shape index (κ3) is 6.92. The van der Waals surface area contributed by atoms with Crippen LogP contribution in [0.3, 0.4) is 0 Å². The van der Waals surface area contributed by atoms with Crippen molar-refractivity contribution in [3.63, 3.8) is 0 Å². The number of rotatable bonds is 12. The number of carbonyl (C=O) groups is 1. The van der Waals surface area contributed by atoms with Crippen LogP contribution in [-0.2, 0) is 9.53 Å². The monoisotopic (exact) mass is 416 g/mol. The Bertz CT molecular complexity index is 803. The van der Waals surface area contributed by atoms with Crippen LogP contribution in [0.25, 0.3) is 6.08 Å². The van der Waals surface area contributed by atoms with Crippen LogP contribution >= 0.6 is 0 Å². The lowest BCUT2D eigenvalue weighted by Gasteiger charge is -2.12. The molecule has 0 heterocycles. The molecular weight excluding hydrogens is 388 g/mol. The first kappa shape index (κ1) is 22.9. The van der Waals surface area contributed by atoms with E-state index in [0.29, 0.717) is 35.2 Å². The van der Waals surface area contributed by atoms with Gasteiger partial charge in [0.2, 0.25) is 5.75 Å². The minimum Gasteiger partial charge on any atom is -0.494 e. The molecule has 0 radical (unpaired) electrons. The minimum absolute atomic E-state index is 0.131. The zero-order valence-electron chi connectivity index (χ0n) is 17.8. The molecule has 0 N–H and O–H groups in total. The van der Waals surface area contributed by atoms with E-state index in [1.54, 1.807) is 18.2 Å². The predicted octanol–water partition coefficient (Wildman–Crippen LogP) is 4.14. The van der Waals surface area contributed by atoms with Crippen LogP contribution in [0.1, 0.15) is 18.9 Å². The van der Waals surface area contributed by atoms with Crippen LogP contribution in [0, 0.1) is 0 Å². The Hall–Kier alpha value is -3.35. The normalized spacial score (nSPS) is 10.5. The van der Waals surface area contributed by atoms with Crippen molar-refractivity contribution in [2.45, 2.75) is 13.3 Å². The molecule has 0 amide bonds. The summed E-state index contributed by atoms with van der Waals surface area (Å²) in [6.07, 6.45) is 3.90. The van der Waals surface area contributed by atoms with Gasteiger partial charge in [0, 0.05) is 6.08 Å². The fraction of sp³-hybridized carbons (Fsp3) is 0.348.